The summed E-state index contributed by atoms with van der Waals surface area (Å²) in [5.41, 5.74) is 1.98. The normalized spacial score (nSPS) is 13.1. The Labute approximate surface area is 109 Å². The van der Waals surface area contributed by atoms with Crippen LogP contribution in [0.2, 0.25) is 0 Å². The van der Waals surface area contributed by atoms with Crippen molar-refractivity contribution < 1.29 is 8.42 Å². The summed E-state index contributed by atoms with van der Waals surface area (Å²) in [5.74, 6) is 0. The standard InChI is InChI=1S/C12H21N3O2S/c1-5-15(10(2)14-18(4,16)17)12-8-6-7-11(9-12)13-3/h6-10,13-14H,5H2,1-4H3. The quantitative estimate of drug-likeness (QED) is 0.769. The zero-order valence-electron chi connectivity index (χ0n) is 11.3. The van der Waals surface area contributed by atoms with Gasteiger partial charge in [-0.25, -0.2) is 8.42 Å². The number of benzene rings is 1. The summed E-state index contributed by atoms with van der Waals surface area (Å²) in [7, 11) is -1.35. The largest absolute Gasteiger partial charge is 0.388 e. The van der Waals surface area contributed by atoms with E-state index in [1.54, 1.807) is 0 Å². The molecule has 2 N–H and O–H groups in total. The van der Waals surface area contributed by atoms with E-state index in [1.807, 2.05) is 50.1 Å². The van der Waals surface area contributed by atoms with Crippen LogP contribution in [0.25, 0.3) is 0 Å². The number of hydrogen-bond acceptors (Lipinski definition) is 4. The van der Waals surface area contributed by atoms with Crippen molar-refractivity contribution >= 4 is 21.4 Å². The van der Waals surface area contributed by atoms with E-state index in [0.29, 0.717) is 0 Å². The third-order valence-corrected chi connectivity index (χ3v) is 3.43. The van der Waals surface area contributed by atoms with Gasteiger partial charge in [-0.3, -0.25) is 0 Å². The van der Waals surface area contributed by atoms with Gasteiger partial charge in [0.25, 0.3) is 0 Å². The Balaban J connectivity index is 2.94. The number of anilines is 2. The first-order chi connectivity index (χ1) is 8.37. The first kappa shape index (κ1) is 14.8. The van der Waals surface area contributed by atoms with Gasteiger partial charge in [0.05, 0.1) is 12.4 Å². The molecule has 1 atom stereocenters. The lowest BCUT2D eigenvalue weighted by molar-refractivity contribution is 0.555. The Bertz CT molecular complexity index is 488. The van der Waals surface area contributed by atoms with Gasteiger partial charge in [0.15, 0.2) is 0 Å². The first-order valence-electron chi connectivity index (χ1n) is 5.89. The predicted molar refractivity (Wildman–Crippen MR) is 76.5 cm³/mol. The minimum atomic E-state index is -3.21. The maximum absolute atomic E-state index is 11.3. The molecule has 0 amide bonds. The van der Waals surface area contributed by atoms with Gasteiger partial charge >= 0.3 is 0 Å². The fourth-order valence-electron chi connectivity index (χ4n) is 1.89. The molecule has 1 unspecified atom stereocenters. The van der Waals surface area contributed by atoms with Crippen molar-refractivity contribution in [3.63, 3.8) is 0 Å². The molecule has 0 fully saturated rings. The number of sulfonamides is 1. The zero-order valence-corrected chi connectivity index (χ0v) is 12.1. The SMILES string of the molecule is CCN(c1cccc(NC)c1)C(C)NS(C)(=O)=O. The van der Waals surface area contributed by atoms with E-state index < -0.39 is 10.0 Å². The van der Waals surface area contributed by atoms with E-state index in [4.69, 9.17) is 0 Å². The lowest BCUT2D eigenvalue weighted by atomic mass is 10.2. The number of rotatable bonds is 6. The van der Waals surface area contributed by atoms with Crippen LogP contribution in [0, 0.1) is 0 Å². The smallest absolute Gasteiger partial charge is 0.210 e. The van der Waals surface area contributed by atoms with Crippen molar-refractivity contribution in [3.8, 4) is 0 Å². The van der Waals surface area contributed by atoms with E-state index in [1.165, 1.54) is 6.26 Å². The van der Waals surface area contributed by atoms with E-state index in [-0.39, 0.29) is 6.17 Å². The highest BCUT2D eigenvalue weighted by molar-refractivity contribution is 7.88. The summed E-state index contributed by atoms with van der Waals surface area (Å²) < 4.78 is 25.1. The number of nitrogens with zero attached hydrogens (tertiary/aromatic N) is 1. The molecule has 0 aliphatic carbocycles. The van der Waals surface area contributed by atoms with Gasteiger partial charge in [-0.05, 0) is 32.0 Å². The summed E-state index contributed by atoms with van der Waals surface area (Å²) in [6.45, 7) is 4.54. The molecule has 0 radical (unpaired) electrons. The van der Waals surface area contributed by atoms with Gasteiger partial charge < -0.3 is 10.2 Å². The van der Waals surface area contributed by atoms with Crippen LogP contribution in [0.1, 0.15) is 13.8 Å². The molecule has 1 aromatic carbocycles. The van der Waals surface area contributed by atoms with Crippen molar-refractivity contribution in [3.05, 3.63) is 24.3 Å². The molecular weight excluding hydrogens is 250 g/mol. The highest BCUT2D eigenvalue weighted by atomic mass is 32.2. The van der Waals surface area contributed by atoms with E-state index in [0.717, 1.165) is 17.9 Å². The lowest BCUT2D eigenvalue weighted by Crippen LogP contribution is -2.46. The van der Waals surface area contributed by atoms with Crippen molar-refractivity contribution in [2.45, 2.75) is 20.0 Å². The molecular formula is C12H21N3O2S. The second-order valence-corrected chi connectivity index (χ2v) is 5.93. The first-order valence-corrected chi connectivity index (χ1v) is 7.78. The molecule has 0 bridgehead atoms. The summed E-state index contributed by atoms with van der Waals surface area (Å²) in [6.07, 6.45) is 0.888. The maximum atomic E-state index is 11.3. The molecule has 1 rings (SSSR count). The Morgan fingerprint density at radius 2 is 2.06 bits per heavy atom. The highest BCUT2D eigenvalue weighted by Gasteiger charge is 2.16. The predicted octanol–water partition coefficient (Wildman–Crippen LogP) is 1.45. The topological polar surface area (TPSA) is 61.4 Å². The molecule has 102 valence electrons. The molecule has 0 aromatic heterocycles. The van der Waals surface area contributed by atoms with Crippen LogP contribution in [0.3, 0.4) is 0 Å². The van der Waals surface area contributed by atoms with Gasteiger partial charge in [0, 0.05) is 25.0 Å². The highest BCUT2D eigenvalue weighted by Crippen LogP contribution is 2.20. The molecule has 0 saturated heterocycles. The van der Waals surface area contributed by atoms with Crippen LogP contribution in [0.4, 0.5) is 11.4 Å². The Kier molecular flexibility index (Phi) is 4.98. The Hall–Kier alpha value is -1.27. The molecule has 5 nitrogen and oxygen atoms in total. The average Bonchev–Trinajstić information content (AvgIpc) is 2.28. The van der Waals surface area contributed by atoms with Gasteiger partial charge in [-0.1, -0.05) is 6.07 Å². The van der Waals surface area contributed by atoms with E-state index >= 15 is 0 Å². The number of nitrogens with one attached hydrogen (secondary N) is 2. The Morgan fingerprint density at radius 1 is 1.39 bits per heavy atom. The fraction of sp³-hybridized carbons (Fsp3) is 0.500. The second-order valence-electron chi connectivity index (χ2n) is 4.15. The Morgan fingerprint density at radius 3 is 2.56 bits per heavy atom. The molecule has 0 heterocycles. The third-order valence-electron chi connectivity index (χ3n) is 2.66. The molecule has 0 aliphatic rings. The van der Waals surface area contributed by atoms with Crippen molar-refractivity contribution in [1.29, 1.82) is 0 Å². The van der Waals surface area contributed by atoms with Gasteiger partial charge in [0.2, 0.25) is 10.0 Å². The summed E-state index contributed by atoms with van der Waals surface area (Å²) >= 11 is 0. The van der Waals surface area contributed by atoms with Gasteiger partial charge in [0.1, 0.15) is 0 Å². The zero-order chi connectivity index (χ0) is 13.8. The van der Waals surface area contributed by atoms with Crippen molar-refractivity contribution in [2.24, 2.45) is 0 Å². The average molecular weight is 271 g/mol. The molecule has 1 aromatic rings. The summed E-state index contributed by atoms with van der Waals surface area (Å²) in [6, 6.07) is 7.86. The molecule has 6 heteroatoms. The lowest BCUT2D eigenvalue weighted by Gasteiger charge is -2.30. The monoisotopic (exact) mass is 271 g/mol. The number of hydrogen-bond donors (Lipinski definition) is 2. The van der Waals surface area contributed by atoms with Crippen LogP contribution < -0.4 is 14.9 Å². The molecule has 0 saturated carbocycles. The second kappa shape index (κ2) is 6.06. The summed E-state index contributed by atoms with van der Waals surface area (Å²) in [4.78, 5) is 1.99. The third kappa shape index (κ3) is 4.19. The van der Waals surface area contributed by atoms with E-state index in [2.05, 4.69) is 10.0 Å². The van der Waals surface area contributed by atoms with Crippen LogP contribution in [0.15, 0.2) is 24.3 Å². The van der Waals surface area contributed by atoms with Gasteiger partial charge in [-0.2, -0.15) is 4.72 Å². The minimum Gasteiger partial charge on any atom is -0.388 e. The fourth-order valence-corrected chi connectivity index (χ4v) is 2.64. The maximum Gasteiger partial charge on any atom is 0.210 e. The van der Waals surface area contributed by atoms with Crippen LogP contribution >= 0.6 is 0 Å². The minimum absolute atomic E-state index is 0.280. The van der Waals surface area contributed by atoms with Gasteiger partial charge in [-0.15, -0.1) is 0 Å². The molecule has 18 heavy (non-hydrogen) atoms. The van der Waals surface area contributed by atoms with Crippen molar-refractivity contribution in [1.82, 2.24) is 4.72 Å². The van der Waals surface area contributed by atoms with Crippen molar-refractivity contribution in [2.75, 3.05) is 30.1 Å². The summed E-state index contributed by atoms with van der Waals surface area (Å²) in [5, 5.41) is 3.07. The molecule has 0 aliphatic heterocycles. The molecule has 0 spiro atoms. The van der Waals surface area contributed by atoms with E-state index in [9.17, 15) is 8.42 Å². The van der Waals surface area contributed by atoms with Crippen LogP contribution in [0.5, 0.6) is 0 Å². The van der Waals surface area contributed by atoms with Crippen LogP contribution in [-0.4, -0.2) is 34.4 Å². The van der Waals surface area contributed by atoms with Crippen LogP contribution in [-0.2, 0) is 10.0 Å².